The minimum absolute atomic E-state index is 0.0664. The van der Waals surface area contributed by atoms with E-state index in [2.05, 4.69) is 0 Å². The van der Waals surface area contributed by atoms with Crippen molar-refractivity contribution < 1.29 is 14.3 Å². The molecule has 1 aromatic heterocycles. The molecule has 0 radical (unpaired) electrons. The third kappa shape index (κ3) is 3.15. The van der Waals surface area contributed by atoms with Gasteiger partial charge in [-0.05, 0) is 23.1 Å². The van der Waals surface area contributed by atoms with Crippen molar-refractivity contribution >= 4 is 28.9 Å². The molecule has 0 N–H and O–H groups in total. The maximum absolute atomic E-state index is 13.0. The summed E-state index contributed by atoms with van der Waals surface area (Å²) in [5.74, 6) is -0.693. The highest BCUT2D eigenvalue weighted by atomic mass is 32.1. The lowest BCUT2D eigenvalue weighted by Gasteiger charge is -2.28. The van der Waals surface area contributed by atoms with Crippen LogP contribution in [0.5, 0.6) is 0 Å². The topological polar surface area (TPSA) is 46.6 Å². The number of nitrogens with zero attached hydrogens (tertiary/aromatic N) is 1. The molecule has 5 heteroatoms. The van der Waals surface area contributed by atoms with E-state index in [1.807, 2.05) is 72.1 Å². The molecule has 1 fully saturated rings. The van der Waals surface area contributed by atoms with Crippen LogP contribution in [0.25, 0.3) is 10.4 Å². The lowest BCUT2D eigenvalue weighted by atomic mass is 9.91. The molecule has 0 saturated carbocycles. The minimum atomic E-state index is -0.675. The number of amides is 1. The van der Waals surface area contributed by atoms with Gasteiger partial charge in [0.2, 0.25) is 5.91 Å². The molecular formula is C22H19NO3S. The number of anilines is 1. The number of benzene rings is 2. The van der Waals surface area contributed by atoms with Crippen LogP contribution in [0.3, 0.4) is 0 Å². The van der Waals surface area contributed by atoms with E-state index in [1.54, 1.807) is 16.2 Å². The fourth-order valence-electron chi connectivity index (χ4n) is 3.73. The number of hydrogen-bond acceptors (Lipinski definition) is 4. The van der Waals surface area contributed by atoms with E-state index in [0.717, 1.165) is 21.7 Å². The van der Waals surface area contributed by atoms with Gasteiger partial charge in [0.1, 0.15) is 6.04 Å². The third-order valence-corrected chi connectivity index (χ3v) is 5.85. The Morgan fingerprint density at radius 3 is 2.48 bits per heavy atom. The summed E-state index contributed by atoms with van der Waals surface area (Å²) in [6.45, 7) is 0. The first kappa shape index (κ1) is 17.5. The number of methoxy groups -OCH3 is 1. The van der Waals surface area contributed by atoms with Crippen LogP contribution < -0.4 is 4.90 Å². The van der Waals surface area contributed by atoms with E-state index in [9.17, 15) is 9.59 Å². The second-order valence-corrected chi connectivity index (χ2v) is 7.40. The second kappa shape index (κ2) is 7.37. The van der Waals surface area contributed by atoms with Crippen LogP contribution in [0.1, 0.15) is 17.9 Å². The monoisotopic (exact) mass is 377 g/mol. The molecule has 4 rings (SSSR count). The first-order chi connectivity index (χ1) is 13.2. The molecule has 1 saturated heterocycles. The lowest BCUT2D eigenvalue weighted by molar-refractivity contribution is -0.142. The minimum Gasteiger partial charge on any atom is -0.467 e. The number of thiophene rings is 1. The molecule has 2 aromatic carbocycles. The normalized spacial score (nSPS) is 19.3. The van der Waals surface area contributed by atoms with Crippen LogP contribution in [-0.4, -0.2) is 25.0 Å². The summed E-state index contributed by atoms with van der Waals surface area (Å²) in [6.07, 6.45) is 0.280. The molecule has 0 bridgehead atoms. The second-order valence-electron chi connectivity index (χ2n) is 6.45. The maximum Gasteiger partial charge on any atom is 0.329 e. The van der Waals surface area contributed by atoms with Gasteiger partial charge in [-0.15, -0.1) is 11.3 Å². The molecule has 0 unspecified atom stereocenters. The highest BCUT2D eigenvalue weighted by Crippen LogP contribution is 2.42. The van der Waals surface area contributed by atoms with Crippen LogP contribution in [0.15, 0.2) is 72.1 Å². The van der Waals surface area contributed by atoms with Gasteiger partial charge in [0.25, 0.3) is 0 Å². The van der Waals surface area contributed by atoms with Gasteiger partial charge in [-0.25, -0.2) is 4.79 Å². The lowest BCUT2D eigenvalue weighted by Crippen LogP contribution is -2.42. The molecule has 1 amide bonds. The molecule has 1 aliphatic rings. The number of rotatable bonds is 4. The summed E-state index contributed by atoms with van der Waals surface area (Å²) in [7, 11) is 1.37. The molecule has 27 heavy (non-hydrogen) atoms. The third-order valence-electron chi connectivity index (χ3n) is 4.94. The first-order valence-electron chi connectivity index (χ1n) is 8.78. The zero-order chi connectivity index (χ0) is 18.8. The average Bonchev–Trinajstić information content (AvgIpc) is 3.36. The number of para-hydroxylation sites is 1. The molecule has 0 spiro atoms. The Bertz CT molecular complexity index is 953. The standard InChI is InChI=1S/C22H19NO3S/c1-26-22(25)21-17(15-8-3-2-4-9-15)14-20(24)23(21)18-11-6-5-10-16(18)19-12-7-13-27-19/h2-13,17,21H,14H2,1H3/t17-,21+/m1/s1. The number of carbonyl (C=O) groups excluding carboxylic acids is 2. The van der Waals surface area contributed by atoms with Crippen LogP contribution in [0.2, 0.25) is 0 Å². The Balaban J connectivity index is 1.83. The fraction of sp³-hybridized carbons (Fsp3) is 0.182. The average molecular weight is 377 g/mol. The molecule has 3 aromatic rings. The SMILES string of the molecule is COC(=O)[C@@H]1[C@@H](c2ccccc2)CC(=O)N1c1ccccc1-c1cccs1. The van der Waals surface area contributed by atoms with Crippen molar-refractivity contribution in [3.63, 3.8) is 0 Å². The van der Waals surface area contributed by atoms with E-state index < -0.39 is 12.0 Å². The van der Waals surface area contributed by atoms with E-state index >= 15 is 0 Å². The number of carbonyl (C=O) groups is 2. The largest absolute Gasteiger partial charge is 0.467 e. The zero-order valence-electron chi connectivity index (χ0n) is 14.9. The highest BCUT2D eigenvalue weighted by Gasteiger charge is 2.47. The number of hydrogen-bond donors (Lipinski definition) is 0. The zero-order valence-corrected chi connectivity index (χ0v) is 15.7. The summed E-state index contributed by atoms with van der Waals surface area (Å²) < 4.78 is 5.09. The summed E-state index contributed by atoms with van der Waals surface area (Å²) in [4.78, 5) is 28.4. The van der Waals surface area contributed by atoms with E-state index in [0.29, 0.717) is 0 Å². The van der Waals surface area contributed by atoms with Crippen LogP contribution in [0.4, 0.5) is 5.69 Å². The van der Waals surface area contributed by atoms with E-state index in [4.69, 9.17) is 4.74 Å². The van der Waals surface area contributed by atoms with E-state index in [-0.39, 0.29) is 18.2 Å². The summed E-state index contributed by atoms with van der Waals surface area (Å²) in [6, 6.07) is 20.7. The Morgan fingerprint density at radius 1 is 1.04 bits per heavy atom. The fourth-order valence-corrected chi connectivity index (χ4v) is 4.49. The number of esters is 1. The summed E-state index contributed by atoms with van der Waals surface area (Å²) in [5.41, 5.74) is 2.67. The van der Waals surface area contributed by atoms with Gasteiger partial charge in [0.15, 0.2) is 0 Å². The van der Waals surface area contributed by atoms with Gasteiger partial charge < -0.3 is 4.74 Å². The number of ether oxygens (including phenoxy) is 1. The maximum atomic E-state index is 13.0. The Kier molecular flexibility index (Phi) is 4.77. The molecule has 2 atom stereocenters. The van der Waals surface area contributed by atoms with Crippen molar-refractivity contribution in [2.75, 3.05) is 12.0 Å². The molecule has 136 valence electrons. The van der Waals surface area contributed by atoms with Crippen LogP contribution >= 0.6 is 11.3 Å². The van der Waals surface area contributed by atoms with E-state index in [1.165, 1.54) is 7.11 Å². The van der Waals surface area contributed by atoms with Crippen molar-refractivity contribution in [1.82, 2.24) is 0 Å². The quantitative estimate of drug-likeness (QED) is 0.630. The Hall–Kier alpha value is -2.92. The first-order valence-corrected chi connectivity index (χ1v) is 9.66. The Labute approximate surface area is 162 Å². The van der Waals surface area contributed by atoms with Gasteiger partial charge in [-0.2, -0.15) is 0 Å². The highest BCUT2D eigenvalue weighted by molar-refractivity contribution is 7.13. The van der Waals surface area contributed by atoms with Crippen molar-refractivity contribution in [3.05, 3.63) is 77.7 Å². The van der Waals surface area contributed by atoms with Crippen LogP contribution in [-0.2, 0) is 14.3 Å². The smallest absolute Gasteiger partial charge is 0.329 e. The van der Waals surface area contributed by atoms with Crippen molar-refractivity contribution in [1.29, 1.82) is 0 Å². The summed E-state index contributed by atoms with van der Waals surface area (Å²) in [5, 5.41) is 2.00. The van der Waals surface area contributed by atoms with Gasteiger partial charge >= 0.3 is 5.97 Å². The predicted octanol–water partition coefficient (Wildman–Crippen LogP) is 4.48. The molecule has 0 aliphatic carbocycles. The van der Waals surface area contributed by atoms with Crippen molar-refractivity contribution in [2.24, 2.45) is 0 Å². The molecular weight excluding hydrogens is 358 g/mol. The Morgan fingerprint density at radius 2 is 1.78 bits per heavy atom. The van der Waals surface area contributed by atoms with Crippen molar-refractivity contribution in [3.8, 4) is 10.4 Å². The molecule has 4 nitrogen and oxygen atoms in total. The van der Waals surface area contributed by atoms with Gasteiger partial charge in [-0.3, -0.25) is 9.69 Å². The molecule has 1 aliphatic heterocycles. The predicted molar refractivity (Wildman–Crippen MR) is 107 cm³/mol. The van der Waals surface area contributed by atoms with Gasteiger partial charge in [0, 0.05) is 22.8 Å². The molecule has 2 heterocycles. The van der Waals surface area contributed by atoms with Gasteiger partial charge in [-0.1, -0.05) is 54.6 Å². The summed E-state index contributed by atoms with van der Waals surface area (Å²) >= 11 is 1.61. The van der Waals surface area contributed by atoms with Crippen molar-refractivity contribution in [2.45, 2.75) is 18.4 Å². The van der Waals surface area contributed by atoms with Gasteiger partial charge in [0.05, 0.1) is 12.8 Å². The van der Waals surface area contributed by atoms with Crippen LogP contribution in [0, 0.1) is 0 Å².